The first-order valence-electron chi connectivity index (χ1n) is 6.55. The Balaban J connectivity index is 2.23. The van der Waals surface area contributed by atoms with Gasteiger partial charge in [-0.05, 0) is 31.0 Å². The lowest BCUT2D eigenvalue weighted by Gasteiger charge is -2.30. The molecule has 0 spiro atoms. The number of benzene rings is 1. The molecule has 0 heterocycles. The highest BCUT2D eigenvalue weighted by molar-refractivity contribution is 5.53. The van der Waals surface area contributed by atoms with E-state index in [-0.39, 0.29) is 17.6 Å². The Bertz CT molecular complexity index is 519. The van der Waals surface area contributed by atoms with Crippen LogP contribution in [-0.2, 0) is 6.18 Å². The lowest BCUT2D eigenvalue weighted by molar-refractivity contribution is -0.137. The van der Waals surface area contributed by atoms with Crippen LogP contribution in [0, 0.1) is 11.3 Å². The summed E-state index contributed by atoms with van der Waals surface area (Å²) in [6, 6.07) is 5.18. The van der Waals surface area contributed by atoms with Crippen molar-refractivity contribution in [2.24, 2.45) is 5.73 Å². The Morgan fingerprint density at radius 1 is 1.25 bits per heavy atom. The number of nitriles is 1. The average Bonchev–Trinajstić information content (AvgIpc) is 2.40. The van der Waals surface area contributed by atoms with Crippen molar-refractivity contribution in [1.29, 1.82) is 5.26 Å². The van der Waals surface area contributed by atoms with E-state index in [0.29, 0.717) is 5.69 Å². The first kappa shape index (κ1) is 14.7. The summed E-state index contributed by atoms with van der Waals surface area (Å²) in [4.78, 5) is 0. The van der Waals surface area contributed by atoms with E-state index in [4.69, 9.17) is 11.0 Å². The number of nitrogens with two attached hydrogens (primary N) is 1. The van der Waals surface area contributed by atoms with Crippen LogP contribution in [0.1, 0.15) is 36.8 Å². The summed E-state index contributed by atoms with van der Waals surface area (Å²) in [7, 11) is 0. The second-order valence-corrected chi connectivity index (χ2v) is 5.07. The van der Waals surface area contributed by atoms with Crippen LogP contribution >= 0.6 is 0 Å². The maximum absolute atomic E-state index is 12.9. The van der Waals surface area contributed by atoms with Crippen molar-refractivity contribution in [3.63, 3.8) is 0 Å². The van der Waals surface area contributed by atoms with Gasteiger partial charge in [-0.3, -0.25) is 0 Å². The molecule has 1 saturated carbocycles. The Hall–Kier alpha value is -1.74. The van der Waals surface area contributed by atoms with E-state index in [0.717, 1.165) is 31.7 Å². The fraction of sp³-hybridized carbons (Fsp3) is 0.500. The molecule has 108 valence electrons. The molecule has 0 bridgehead atoms. The molecule has 3 nitrogen and oxygen atoms in total. The second-order valence-electron chi connectivity index (χ2n) is 5.07. The number of nitrogens with one attached hydrogen (secondary N) is 1. The van der Waals surface area contributed by atoms with Crippen LogP contribution < -0.4 is 11.1 Å². The second kappa shape index (κ2) is 5.71. The molecule has 0 aromatic heterocycles. The zero-order valence-corrected chi connectivity index (χ0v) is 10.9. The van der Waals surface area contributed by atoms with E-state index in [2.05, 4.69) is 5.32 Å². The summed E-state index contributed by atoms with van der Waals surface area (Å²) in [6.45, 7) is 0. The van der Waals surface area contributed by atoms with Gasteiger partial charge in [0, 0.05) is 17.8 Å². The fourth-order valence-corrected chi connectivity index (χ4v) is 2.52. The number of nitrogens with zero attached hydrogens (tertiary/aromatic N) is 1. The molecule has 1 aromatic rings. The minimum atomic E-state index is -4.53. The van der Waals surface area contributed by atoms with Crippen molar-refractivity contribution >= 4 is 5.69 Å². The molecule has 2 atom stereocenters. The van der Waals surface area contributed by atoms with Crippen molar-refractivity contribution < 1.29 is 13.2 Å². The van der Waals surface area contributed by atoms with Crippen molar-refractivity contribution in [2.45, 2.75) is 43.9 Å². The Kier molecular flexibility index (Phi) is 4.19. The zero-order valence-electron chi connectivity index (χ0n) is 10.9. The maximum Gasteiger partial charge on any atom is 0.417 e. The highest BCUT2D eigenvalue weighted by atomic mass is 19.4. The van der Waals surface area contributed by atoms with Gasteiger partial charge in [-0.25, -0.2) is 0 Å². The third kappa shape index (κ3) is 3.23. The largest absolute Gasteiger partial charge is 0.417 e. The van der Waals surface area contributed by atoms with Crippen LogP contribution in [0.4, 0.5) is 18.9 Å². The van der Waals surface area contributed by atoms with Gasteiger partial charge in [0.05, 0.1) is 17.2 Å². The van der Waals surface area contributed by atoms with Gasteiger partial charge < -0.3 is 11.1 Å². The molecule has 3 N–H and O–H groups in total. The van der Waals surface area contributed by atoms with Crippen LogP contribution in [-0.4, -0.2) is 12.1 Å². The summed E-state index contributed by atoms with van der Waals surface area (Å²) < 4.78 is 38.6. The molecular weight excluding hydrogens is 267 g/mol. The SMILES string of the molecule is N#Cc1ccc(NC2CCCCC2N)cc1C(F)(F)F. The molecule has 1 fully saturated rings. The van der Waals surface area contributed by atoms with Gasteiger partial charge >= 0.3 is 6.18 Å². The van der Waals surface area contributed by atoms with Crippen LogP contribution in [0.5, 0.6) is 0 Å². The van der Waals surface area contributed by atoms with Crippen molar-refractivity contribution in [2.75, 3.05) is 5.32 Å². The van der Waals surface area contributed by atoms with Gasteiger partial charge in [0.25, 0.3) is 0 Å². The lowest BCUT2D eigenvalue weighted by Crippen LogP contribution is -2.42. The normalized spacial score (nSPS) is 23.1. The summed E-state index contributed by atoms with van der Waals surface area (Å²) in [6.07, 6.45) is -0.728. The first-order valence-corrected chi connectivity index (χ1v) is 6.55. The highest BCUT2D eigenvalue weighted by Gasteiger charge is 2.34. The minimum absolute atomic E-state index is 0.0160. The number of rotatable bonds is 2. The van der Waals surface area contributed by atoms with Gasteiger partial charge in [0.1, 0.15) is 0 Å². The van der Waals surface area contributed by atoms with Crippen LogP contribution in [0.15, 0.2) is 18.2 Å². The molecule has 1 aliphatic rings. The highest BCUT2D eigenvalue weighted by Crippen LogP contribution is 2.34. The molecule has 20 heavy (non-hydrogen) atoms. The Labute approximate surface area is 115 Å². The van der Waals surface area contributed by atoms with E-state index in [1.165, 1.54) is 12.1 Å². The smallest absolute Gasteiger partial charge is 0.381 e. The molecular formula is C14H16F3N3. The van der Waals surface area contributed by atoms with E-state index >= 15 is 0 Å². The number of anilines is 1. The molecule has 0 aliphatic heterocycles. The van der Waals surface area contributed by atoms with E-state index in [9.17, 15) is 13.2 Å². The molecule has 2 rings (SSSR count). The molecule has 0 amide bonds. The standard InChI is InChI=1S/C14H16F3N3/c15-14(16,17)11-7-10(6-5-9(11)8-18)20-13-4-2-1-3-12(13)19/h5-7,12-13,20H,1-4,19H2. The molecule has 6 heteroatoms. The van der Waals surface area contributed by atoms with E-state index in [1.807, 2.05) is 0 Å². The minimum Gasteiger partial charge on any atom is -0.381 e. The van der Waals surface area contributed by atoms with E-state index < -0.39 is 11.7 Å². The molecule has 0 radical (unpaired) electrons. The summed E-state index contributed by atoms with van der Waals surface area (Å²) >= 11 is 0. The third-order valence-corrected chi connectivity index (χ3v) is 3.62. The van der Waals surface area contributed by atoms with Crippen LogP contribution in [0.3, 0.4) is 0 Å². The van der Waals surface area contributed by atoms with Crippen molar-refractivity contribution in [3.05, 3.63) is 29.3 Å². The predicted molar refractivity (Wildman–Crippen MR) is 70.0 cm³/mol. The lowest BCUT2D eigenvalue weighted by atomic mass is 9.90. The monoisotopic (exact) mass is 283 g/mol. The predicted octanol–water partition coefficient (Wildman–Crippen LogP) is 3.26. The van der Waals surface area contributed by atoms with Gasteiger partial charge in [0.2, 0.25) is 0 Å². The third-order valence-electron chi connectivity index (χ3n) is 3.62. The topological polar surface area (TPSA) is 61.8 Å². The Morgan fingerprint density at radius 2 is 1.95 bits per heavy atom. The molecule has 1 aliphatic carbocycles. The van der Waals surface area contributed by atoms with Crippen LogP contribution in [0.2, 0.25) is 0 Å². The number of hydrogen-bond donors (Lipinski definition) is 2. The number of hydrogen-bond acceptors (Lipinski definition) is 3. The number of halogens is 3. The van der Waals surface area contributed by atoms with Gasteiger partial charge in [-0.2, -0.15) is 18.4 Å². The Morgan fingerprint density at radius 3 is 2.55 bits per heavy atom. The molecule has 0 saturated heterocycles. The van der Waals surface area contributed by atoms with Gasteiger partial charge in [-0.1, -0.05) is 12.8 Å². The van der Waals surface area contributed by atoms with Crippen molar-refractivity contribution in [3.8, 4) is 6.07 Å². The number of alkyl halides is 3. The first-order chi connectivity index (χ1) is 9.41. The summed E-state index contributed by atoms with van der Waals surface area (Å²) in [5.41, 5.74) is 5.06. The fourth-order valence-electron chi connectivity index (χ4n) is 2.52. The summed E-state index contributed by atoms with van der Waals surface area (Å²) in [5, 5.41) is 11.8. The quantitative estimate of drug-likeness (QED) is 0.875. The van der Waals surface area contributed by atoms with Crippen molar-refractivity contribution in [1.82, 2.24) is 0 Å². The van der Waals surface area contributed by atoms with Gasteiger partial charge in [0.15, 0.2) is 0 Å². The summed E-state index contributed by atoms with van der Waals surface area (Å²) in [5.74, 6) is 0. The molecule has 1 aromatic carbocycles. The zero-order chi connectivity index (χ0) is 14.8. The molecule has 2 unspecified atom stereocenters. The van der Waals surface area contributed by atoms with Gasteiger partial charge in [-0.15, -0.1) is 0 Å². The van der Waals surface area contributed by atoms with E-state index in [1.54, 1.807) is 6.07 Å². The maximum atomic E-state index is 12.9. The average molecular weight is 283 g/mol. The van der Waals surface area contributed by atoms with Crippen LogP contribution in [0.25, 0.3) is 0 Å².